The van der Waals surface area contributed by atoms with Gasteiger partial charge in [0.25, 0.3) is 12.9 Å². The lowest BCUT2D eigenvalue weighted by Crippen LogP contribution is -2.52. The summed E-state index contributed by atoms with van der Waals surface area (Å²) in [6.07, 6.45) is 14.6. The van der Waals surface area contributed by atoms with Crippen LogP contribution >= 0.6 is 24.4 Å². The Morgan fingerprint density at radius 3 is 1.94 bits per heavy atom. The molecule has 4 aliphatic rings. The molecule has 0 amide bonds. The van der Waals surface area contributed by atoms with Gasteiger partial charge in [-0.15, -0.1) is 0 Å². The number of aliphatic carboxylic acids is 2. The Morgan fingerprint density at radius 2 is 1.28 bits per heavy atom. The van der Waals surface area contributed by atoms with Crippen molar-refractivity contribution in [3.8, 4) is 5.75 Å². The van der Waals surface area contributed by atoms with Crippen molar-refractivity contribution in [2.45, 2.75) is 96.9 Å². The molecule has 6 N–H and O–H groups in total. The molecule has 1 aliphatic carbocycles. The number of allylic oxidation sites excluding steroid dienone is 7. The average Bonchev–Trinajstić information content (AvgIpc) is 1.61. The van der Waals surface area contributed by atoms with Crippen LogP contribution in [0, 0.1) is 0 Å². The van der Waals surface area contributed by atoms with Crippen LogP contribution in [0.1, 0.15) is 90.3 Å². The first-order chi connectivity index (χ1) is 44.9. The minimum absolute atomic E-state index is 0.0112. The van der Waals surface area contributed by atoms with Crippen molar-refractivity contribution in [2.75, 3.05) is 127 Å². The molecule has 8 rings (SSSR count). The summed E-state index contributed by atoms with van der Waals surface area (Å²) in [6.45, 7) is 19.9. The Kier molecular flexibility index (Phi) is 26.7. The zero-order valence-electron chi connectivity index (χ0n) is 54.7. The summed E-state index contributed by atoms with van der Waals surface area (Å²) in [4.78, 5) is 56.2. The van der Waals surface area contributed by atoms with Gasteiger partial charge in [-0.05, 0) is 147 Å². The smallest absolute Gasteiger partial charge is 0.317 e. The van der Waals surface area contributed by atoms with Gasteiger partial charge in [-0.2, -0.15) is 4.58 Å². The van der Waals surface area contributed by atoms with Gasteiger partial charge < -0.3 is 55.3 Å². The molecular formula is C71H93N10O10S2+. The molecule has 0 spiro atoms. The standard InChI is InChI=1S/C71H92N10O10S2/c1-7-34-80-61-18-11-9-16-59(61)70(3,4)63(80)30-22-53-14-13-15-54(23-31-64-71(5,6)60-17-10-12-19-62(60)81(64)35-8-2)67(53)91-58-28-26-56(27-29-58)75-69(93)73-33-43-88-42-32-72-68(92)74-55-24-20-52(21-25-55)44-57-45-78(47-66(86)87)39-37-76(46-65(84)85)36-38-77(48-89-50-82)40-41-79(57)49-90-51-83/h9-12,16-31,50-51,57H,7-8,13-15,32-49H2,1-6H3,(H5-,72,73,74,75,84,85,86,87,92,93)/p+1. The Labute approximate surface area is 558 Å². The zero-order chi connectivity index (χ0) is 66.3. The SMILES string of the molecule is CCCN1/C(=C/C=C2\CCCC(/C=C/C3=[N+](CCC)c4ccccc4C3(C)C)=C2Oc2ccc(NC(=S)NCCOCCNC(=S)Nc3ccc(CC4CN(CC(=O)O)CCN(CC(=O)O)CCN(COC=O)CCN4COC=O)cc3)cc2)C(C)(C)c2ccccc21. The number of para-hydroxylation sites is 2. The van der Waals surface area contributed by atoms with Crippen LogP contribution in [0.2, 0.25) is 0 Å². The normalized spacial score (nSPS) is 18.9. The Morgan fingerprint density at radius 1 is 0.677 bits per heavy atom. The van der Waals surface area contributed by atoms with Gasteiger partial charge in [0, 0.05) is 124 Å². The van der Waals surface area contributed by atoms with Crippen LogP contribution in [0.25, 0.3) is 0 Å². The molecule has 93 heavy (non-hydrogen) atoms. The van der Waals surface area contributed by atoms with Crippen LogP contribution in [0.4, 0.5) is 22.7 Å². The number of nitrogens with zero attached hydrogens (tertiary/aromatic N) is 6. The molecule has 0 radical (unpaired) electrons. The second-order valence-corrected chi connectivity index (χ2v) is 25.6. The van der Waals surface area contributed by atoms with Crippen LogP contribution in [-0.2, 0) is 50.6 Å². The molecule has 4 aromatic carbocycles. The minimum Gasteiger partial charge on any atom is -0.480 e. The maximum Gasteiger partial charge on any atom is 0.317 e. The Bertz CT molecular complexity index is 3390. The third-order valence-electron chi connectivity index (χ3n) is 17.4. The van der Waals surface area contributed by atoms with Crippen molar-refractivity contribution < 1.29 is 52.9 Å². The minimum atomic E-state index is -1.02. The highest BCUT2D eigenvalue weighted by molar-refractivity contribution is 7.80. The van der Waals surface area contributed by atoms with E-state index in [0.717, 1.165) is 73.6 Å². The number of carbonyl (C=O) groups excluding carboxylic acids is 2. The van der Waals surface area contributed by atoms with Crippen LogP contribution in [0.3, 0.4) is 0 Å². The molecule has 1 unspecified atom stereocenters. The highest BCUT2D eigenvalue weighted by Gasteiger charge is 2.44. The number of nitrogens with one attached hydrogen (secondary N) is 4. The number of carbonyl (C=O) groups is 4. The molecule has 0 bridgehead atoms. The van der Waals surface area contributed by atoms with Gasteiger partial charge in [0.2, 0.25) is 5.69 Å². The Hall–Kier alpha value is -7.83. The first kappa shape index (κ1) is 71.0. The maximum atomic E-state index is 12.1. The lowest BCUT2D eigenvalue weighted by atomic mass is 9.81. The van der Waals surface area contributed by atoms with E-state index in [4.69, 9.17) is 43.4 Å². The summed E-state index contributed by atoms with van der Waals surface area (Å²) in [7, 11) is 0. The first-order valence-electron chi connectivity index (χ1n) is 32.4. The average molecular weight is 1310 g/mol. The van der Waals surface area contributed by atoms with E-state index in [9.17, 15) is 29.4 Å². The number of thiocarbonyl (C=S) groups is 2. The molecule has 1 saturated heterocycles. The fraction of sp³-hybridized carbons (Fsp3) is 0.451. The monoisotopic (exact) mass is 1310 g/mol. The number of carboxylic acid groups (broad SMARTS) is 2. The summed E-state index contributed by atoms with van der Waals surface area (Å²) in [5.74, 6) is -0.392. The van der Waals surface area contributed by atoms with Gasteiger partial charge in [-0.25, -0.2) is 0 Å². The number of hydrogen-bond acceptors (Lipinski definition) is 15. The molecule has 22 heteroatoms. The van der Waals surface area contributed by atoms with Crippen LogP contribution < -0.4 is 30.9 Å². The van der Waals surface area contributed by atoms with Gasteiger partial charge in [0.05, 0.1) is 31.7 Å². The van der Waals surface area contributed by atoms with E-state index in [1.807, 2.05) is 58.3 Å². The summed E-state index contributed by atoms with van der Waals surface area (Å²) in [5, 5.41) is 33.3. The number of rotatable bonds is 29. The predicted molar refractivity (Wildman–Crippen MR) is 374 cm³/mol. The number of anilines is 3. The lowest BCUT2D eigenvalue weighted by Gasteiger charge is -2.37. The second-order valence-electron chi connectivity index (χ2n) is 24.8. The topological polar surface area (TPSA) is 213 Å². The molecule has 1 atom stereocenters. The molecule has 20 nitrogen and oxygen atoms in total. The van der Waals surface area contributed by atoms with Crippen LogP contribution in [-0.4, -0.2) is 193 Å². The van der Waals surface area contributed by atoms with Gasteiger partial charge in [0.1, 0.15) is 31.5 Å². The highest BCUT2D eigenvalue weighted by Crippen LogP contribution is 2.48. The second kappa shape index (κ2) is 34.9. The van der Waals surface area contributed by atoms with E-state index in [2.05, 4.69) is 145 Å². The van der Waals surface area contributed by atoms with Crippen LogP contribution in [0.5, 0.6) is 5.75 Å². The number of hydrogen-bond donors (Lipinski definition) is 6. The lowest BCUT2D eigenvalue weighted by molar-refractivity contribution is -0.437. The number of fused-ring (bicyclic) bond motifs is 2. The summed E-state index contributed by atoms with van der Waals surface area (Å²) in [5.41, 5.74) is 12.4. The van der Waals surface area contributed by atoms with Gasteiger partial charge in [0.15, 0.2) is 15.9 Å². The van der Waals surface area contributed by atoms with E-state index in [0.29, 0.717) is 88.6 Å². The molecular weight excluding hydrogens is 1220 g/mol. The molecule has 1 fully saturated rings. The summed E-state index contributed by atoms with van der Waals surface area (Å²) >= 11 is 11.3. The number of carboxylic acids is 2. The van der Waals surface area contributed by atoms with E-state index >= 15 is 0 Å². The van der Waals surface area contributed by atoms with Crippen molar-refractivity contribution in [2.24, 2.45) is 0 Å². The Balaban J connectivity index is 0.837. The number of ether oxygens (including phenoxy) is 4. The third kappa shape index (κ3) is 19.9. The van der Waals surface area contributed by atoms with E-state index in [-0.39, 0.29) is 56.5 Å². The predicted octanol–water partition coefficient (Wildman–Crippen LogP) is 9.42. The molecule has 3 aliphatic heterocycles. The molecule has 0 saturated carbocycles. The fourth-order valence-corrected chi connectivity index (χ4v) is 13.2. The van der Waals surface area contributed by atoms with Crippen molar-refractivity contribution in [1.29, 1.82) is 0 Å². The summed E-state index contributed by atoms with van der Waals surface area (Å²) < 4.78 is 25.7. The fourth-order valence-electron chi connectivity index (χ4n) is 12.8. The first-order valence-corrected chi connectivity index (χ1v) is 33.2. The van der Waals surface area contributed by atoms with Gasteiger partial charge in [-0.1, -0.05) is 82.3 Å². The van der Waals surface area contributed by atoms with Crippen LogP contribution in [0.15, 0.2) is 144 Å². The third-order valence-corrected chi connectivity index (χ3v) is 17.9. The maximum absolute atomic E-state index is 12.1. The van der Waals surface area contributed by atoms with Crippen molar-refractivity contribution >= 4 is 88.0 Å². The van der Waals surface area contributed by atoms with E-state index < -0.39 is 11.9 Å². The van der Waals surface area contributed by atoms with E-state index in [1.165, 1.54) is 45.1 Å². The molecule has 4 aromatic rings. The molecule has 498 valence electrons. The molecule has 3 heterocycles. The van der Waals surface area contributed by atoms with Gasteiger partial charge in [-0.3, -0.25) is 38.8 Å². The highest BCUT2D eigenvalue weighted by atomic mass is 32.1. The van der Waals surface area contributed by atoms with Crippen molar-refractivity contribution in [3.05, 3.63) is 161 Å². The van der Waals surface area contributed by atoms with E-state index in [1.54, 1.807) is 9.80 Å². The molecule has 0 aromatic heterocycles. The van der Waals surface area contributed by atoms with Crippen molar-refractivity contribution in [1.82, 2.24) is 30.2 Å². The quantitative estimate of drug-likeness (QED) is 0.0129. The zero-order valence-corrected chi connectivity index (χ0v) is 56.3. The summed E-state index contributed by atoms with van der Waals surface area (Å²) in [6, 6.07) is 32.9. The van der Waals surface area contributed by atoms with Gasteiger partial charge >= 0.3 is 11.9 Å². The number of benzene rings is 4. The van der Waals surface area contributed by atoms with Crippen molar-refractivity contribution in [3.63, 3.8) is 0 Å². The largest absolute Gasteiger partial charge is 0.480 e.